The van der Waals surface area contributed by atoms with Crippen LogP contribution in [0.1, 0.15) is 45.1 Å². The Morgan fingerprint density at radius 2 is 1.81 bits per heavy atom. The largest absolute Gasteiger partial charge is 0.367 e. The fourth-order valence-electron chi connectivity index (χ4n) is 2.05. The lowest BCUT2D eigenvalue weighted by atomic mass is 10.1. The van der Waals surface area contributed by atoms with E-state index in [0.717, 1.165) is 31.4 Å². The standard InChI is InChI=1S/C17H27FOP2/c1-14(2)7-5-3-4-6-12-19-17(20,21)13-15-8-10-16(18)11-9-15/h7-11H,3-6,12-13,20-21H2,1-2H3. The zero-order valence-corrected chi connectivity index (χ0v) is 15.4. The van der Waals surface area contributed by atoms with Gasteiger partial charge in [-0.1, -0.05) is 48.7 Å². The SMILES string of the molecule is CC(C)=CCCCCCOC(P)(P)Cc1ccc(F)cc1. The average molecular weight is 328 g/mol. The summed E-state index contributed by atoms with van der Waals surface area (Å²) in [5.41, 5.74) is 2.46. The molecule has 118 valence electrons. The van der Waals surface area contributed by atoms with Gasteiger partial charge in [0.1, 0.15) is 5.82 Å². The van der Waals surface area contributed by atoms with E-state index in [0.29, 0.717) is 0 Å². The summed E-state index contributed by atoms with van der Waals surface area (Å²) in [5, 5.41) is -0.363. The Morgan fingerprint density at radius 1 is 1.14 bits per heavy atom. The molecule has 2 unspecified atom stereocenters. The van der Waals surface area contributed by atoms with Crippen molar-refractivity contribution in [2.75, 3.05) is 6.61 Å². The summed E-state index contributed by atoms with van der Waals surface area (Å²) < 4.78 is 18.8. The van der Waals surface area contributed by atoms with Gasteiger partial charge in [0, 0.05) is 13.0 Å². The first-order valence-electron chi connectivity index (χ1n) is 7.48. The summed E-state index contributed by atoms with van der Waals surface area (Å²) in [7, 11) is 5.47. The number of halogens is 1. The van der Waals surface area contributed by atoms with E-state index in [1.54, 1.807) is 12.1 Å². The van der Waals surface area contributed by atoms with Crippen LogP contribution in [0.15, 0.2) is 35.9 Å². The maximum atomic E-state index is 12.9. The molecule has 4 heteroatoms. The van der Waals surface area contributed by atoms with Crippen LogP contribution in [0, 0.1) is 5.82 Å². The monoisotopic (exact) mass is 328 g/mol. The number of rotatable bonds is 9. The van der Waals surface area contributed by atoms with Gasteiger partial charge in [-0.15, -0.1) is 0 Å². The fourth-order valence-corrected chi connectivity index (χ4v) is 2.76. The minimum Gasteiger partial charge on any atom is -0.367 e. The summed E-state index contributed by atoms with van der Waals surface area (Å²) in [6.07, 6.45) is 7.65. The highest BCUT2D eigenvalue weighted by Crippen LogP contribution is 2.32. The number of benzene rings is 1. The van der Waals surface area contributed by atoms with Crippen LogP contribution in [-0.4, -0.2) is 11.7 Å². The smallest absolute Gasteiger partial charge is 0.123 e. The van der Waals surface area contributed by atoms with Gasteiger partial charge >= 0.3 is 0 Å². The third kappa shape index (κ3) is 9.35. The van der Waals surface area contributed by atoms with Gasteiger partial charge in [0.05, 0.1) is 5.08 Å². The van der Waals surface area contributed by atoms with E-state index in [-0.39, 0.29) is 10.9 Å². The molecule has 0 saturated heterocycles. The summed E-state index contributed by atoms with van der Waals surface area (Å²) in [6.45, 7) is 5.02. The summed E-state index contributed by atoms with van der Waals surface area (Å²) in [5.74, 6) is -0.200. The number of ether oxygens (including phenoxy) is 1. The van der Waals surface area contributed by atoms with Crippen LogP contribution in [0.2, 0.25) is 0 Å². The zero-order chi connectivity index (χ0) is 15.7. The van der Waals surface area contributed by atoms with E-state index in [1.165, 1.54) is 30.5 Å². The second-order valence-electron chi connectivity index (χ2n) is 5.74. The highest BCUT2D eigenvalue weighted by Gasteiger charge is 2.19. The Labute approximate surface area is 133 Å². The van der Waals surface area contributed by atoms with Gasteiger partial charge in [-0.2, -0.15) is 0 Å². The highest BCUT2D eigenvalue weighted by atomic mass is 31.1. The Balaban J connectivity index is 2.20. The van der Waals surface area contributed by atoms with Crippen LogP contribution in [0.25, 0.3) is 0 Å². The third-order valence-corrected chi connectivity index (χ3v) is 3.91. The van der Waals surface area contributed by atoms with Crippen LogP contribution in [-0.2, 0) is 11.2 Å². The van der Waals surface area contributed by atoms with E-state index < -0.39 is 0 Å². The van der Waals surface area contributed by atoms with Crippen molar-refractivity contribution in [2.24, 2.45) is 0 Å². The predicted octanol–water partition coefficient (Wildman–Crippen LogP) is 5.32. The van der Waals surface area contributed by atoms with Crippen LogP contribution in [0.5, 0.6) is 0 Å². The Morgan fingerprint density at radius 3 is 2.43 bits per heavy atom. The fraction of sp³-hybridized carbons (Fsp3) is 0.529. The normalized spacial score (nSPS) is 11.5. The summed E-state index contributed by atoms with van der Waals surface area (Å²) >= 11 is 0. The van der Waals surface area contributed by atoms with Crippen molar-refractivity contribution >= 4 is 18.5 Å². The number of unbranched alkanes of at least 4 members (excludes halogenated alkanes) is 3. The molecule has 0 bridgehead atoms. The molecule has 0 saturated carbocycles. The molecule has 0 aliphatic heterocycles. The first-order valence-corrected chi connectivity index (χ1v) is 8.64. The topological polar surface area (TPSA) is 9.23 Å². The van der Waals surface area contributed by atoms with E-state index in [1.807, 2.05) is 0 Å². The summed E-state index contributed by atoms with van der Waals surface area (Å²) in [6, 6.07) is 6.59. The van der Waals surface area contributed by atoms with Gasteiger partial charge in [0.15, 0.2) is 0 Å². The Hall–Kier alpha value is -0.290. The maximum Gasteiger partial charge on any atom is 0.123 e. The summed E-state index contributed by atoms with van der Waals surface area (Å²) in [4.78, 5) is 0. The lowest BCUT2D eigenvalue weighted by Gasteiger charge is -2.25. The number of hydrogen-bond acceptors (Lipinski definition) is 1. The second kappa shape index (κ2) is 9.67. The van der Waals surface area contributed by atoms with Gasteiger partial charge in [-0.05, 0) is 50.8 Å². The van der Waals surface area contributed by atoms with Crippen molar-refractivity contribution in [1.29, 1.82) is 0 Å². The van der Waals surface area contributed by atoms with Gasteiger partial charge in [0.25, 0.3) is 0 Å². The first-order chi connectivity index (χ1) is 9.89. The van der Waals surface area contributed by atoms with Crippen molar-refractivity contribution < 1.29 is 9.13 Å². The molecule has 0 aromatic heterocycles. The molecule has 0 heterocycles. The lowest BCUT2D eigenvalue weighted by molar-refractivity contribution is 0.0845. The minimum atomic E-state index is -0.363. The number of hydrogen-bond donors (Lipinski definition) is 0. The molecule has 0 aliphatic rings. The van der Waals surface area contributed by atoms with Crippen molar-refractivity contribution in [3.05, 3.63) is 47.3 Å². The molecule has 0 amide bonds. The molecule has 1 aromatic carbocycles. The van der Waals surface area contributed by atoms with Gasteiger partial charge in [0.2, 0.25) is 0 Å². The molecule has 0 fully saturated rings. The predicted molar refractivity (Wildman–Crippen MR) is 96.1 cm³/mol. The van der Waals surface area contributed by atoms with Crippen molar-refractivity contribution in [3.63, 3.8) is 0 Å². The second-order valence-corrected chi connectivity index (χ2v) is 8.36. The molecule has 0 radical (unpaired) electrons. The number of allylic oxidation sites excluding steroid dienone is 2. The van der Waals surface area contributed by atoms with Crippen molar-refractivity contribution in [3.8, 4) is 0 Å². The van der Waals surface area contributed by atoms with Crippen LogP contribution in [0.4, 0.5) is 4.39 Å². The molecular formula is C17H27FOP2. The van der Waals surface area contributed by atoms with E-state index in [9.17, 15) is 4.39 Å². The average Bonchev–Trinajstić information content (AvgIpc) is 2.39. The van der Waals surface area contributed by atoms with Crippen molar-refractivity contribution in [2.45, 2.75) is 51.0 Å². The molecule has 1 nitrogen and oxygen atoms in total. The van der Waals surface area contributed by atoms with E-state index in [4.69, 9.17) is 4.74 Å². The highest BCUT2D eigenvalue weighted by molar-refractivity contribution is 7.39. The molecule has 0 spiro atoms. The Kier molecular flexibility index (Phi) is 8.64. The van der Waals surface area contributed by atoms with E-state index in [2.05, 4.69) is 38.4 Å². The first kappa shape index (κ1) is 18.8. The molecule has 2 atom stereocenters. The third-order valence-electron chi connectivity index (χ3n) is 3.17. The molecular weight excluding hydrogens is 301 g/mol. The molecule has 0 N–H and O–H groups in total. The van der Waals surface area contributed by atoms with Crippen LogP contribution >= 0.6 is 18.5 Å². The van der Waals surface area contributed by atoms with Gasteiger partial charge < -0.3 is 4.74 Å². The zero-order valence-electron chi connectivity index (χ0n) is 13.1. The van der Waals surface area contributed by atoms with Crippen LogP contribution < -0.4 is 0 Å². The van der Waals surface area contributed by atoms with Gasteiger partial charge in [-0.3, -0.25) is 0 Å². The molecule has 0 aliphatic carbocycles. The maximum absolute atomic E-state index is 12.9. The van der Waals surface area contributed by atoms with Crippen molar-refractivity contribution in [1.82, 2.24) is 0 Å². The van der Waals surface area contributed by atoms with Crippen LogP contribution in [0.3, 0.4) is 0 Å². The Bertz CT molecular complexity index is 437. The minimum absolute atomic E-state index is 0.200. The van der Waals surface area contributed by atoms with E-state index >= 15 is 0 Å². The van der Waals surface area contributed by atoms with Gasteiger partial charge in [-0.25, -0.2) is 4.39 Å². The quantitative estimate of drug-likeness (QED) is 0.339. The lowest BCUT2D eigenvalue weighted by Crippen LogP contribution is -2.20. The molecule has 1 rings (SSSR count). The molecule has 1 aromatic rings. The molecule has 21 heavy (non-hydrogen) atoms.